The summed E-state index contributed by atoms with van der Waals surface area (Å²) in [7, 11) is 0. The predicted molar refractivity (Wildman–Crippen MR) is 132 cm³/mol. The number of amides is 1. The minimum Gasteiger partial charge on any atom is -0.438 e. The lowest BCUT2D eigenvalue weighted by Gasteiger charge is -2.06. The molecule has 0 fully saturated rings. The molecule has 1 aliphatic rings. The largest absolute Gasteiger partial charge is 0.438 e. The third-order valence-corrected chi connectivity index (χ3v) is 6.67. The minimum absolute atomic E-state index is 0.116. The first-order valence-corrected chi connectivity index (χ1v) is 12.1. The van der Waals surface area contributed by atoms with Crippen molar-refractivity contribution in [1.29, 1.82) is 5.26 Å². The molecule has 1 aliphatic carbocycles. The fraction of sp³-hybridized carbons (Fsp3) is 0.185. The van der Waals surface area contributed by atoms with E-state index < -0.39 is 0 Å². The van der Waals surface area contributed by atoms with E-state index in [9.17, 15) is 10.1 Å². The van der Waals surface area contributed by atoms with Crippen LogP contribution in [0.25, 0.3) is 22.5 Å². The topological polar surface area (TPSA) is 91.8 Å². The molecule has 0 saturated carbocycles. The van der Waals surface area contributed by atoms with Crippen LogP contribution >= 0.6 is 11.8 Å². The first-order valence-electron chi connectivity index (χ1n) is 11.1. The summed E-state index contributed by atoms with van der Waals surface area (Å²) in [5, 5.41) is 13.4. The van der Waals surface area contributed by atoms with Crippen LogP contribution in [0.1, 0.15) is 28.9 Å². The maximum Gasteiger partial charge on any atom is 0.237 e. The Morgan fingerprint density at radius 3 is 2.47 bits per heavy atom. The lowest BCUT2D eigenvalue weighted by molar-refractivity contribution is -0.113. The van der Waals surface area contributed by atoms with Crippen molar-refractivity contribution < 1.29 is 9.21 Å². The number of nitrogens with one attached hydrogen (secondary N) is 1. The molecule has 2 aromatic carbocycles. The van der Waals surface area contributed by atoms with E-state index in [4.69, 9.17) is 4.42 Å². The number of furan rings is 1. The normalized spacial score (nSPS) is 12.2. The zero-order valence-electron chi connectivity index (χ0n) is 18.7. The minimum atomic E-state index is -0.281. The van der Waals surface area contributed by atoms with Crippen molar-refractivity contribution in [3.8, 4) is 28.5 Å². The third kappa shape index (κ3) is 4.33. The molecule has 0 spiro atoms. The number of rotatable bonds is 6. The Morgan fingerprint density at radius 1 is 1.06 bits per heavy atom. The lowest BCUT2D eigenvalue weighted by Crippen LogP contribution is -2.15. The van der Waals surface area contributed by atoms with Gasteiger partial charge in [0.1, 0.15) is 17.4 Å². The number of carbonyl (C=O) groups excluding carboxylic acids is 1. The fourth-order valence-corrected chi connectivity index (χ4v) is 4.96. The van der Waals surface area contributed by atoms with Crippen LogP contribution in [0.2, 0.25) is 0 Å². The standard InChI is InChI=1S/C27H22N4O2S/c1-17-20-13-8-14-22(20)30-27(29-17)34-16-23(32)31-26-21(15-28)24(18-9-4-2-5-10-18)25(33-26)19-11-6-3-7-12-19/h2-7,9-12H,8,13-14,16H2,1H3,(H,31,32). The number of thioether (sulfide) groups is 1. The van der Waals surface area contributed by atoms with Gasteiger partial charge >= 0.3 is 0 Å². The highest BCUT2D eigenvalue weighted by atomic mass is 32.2. The van der Waals surface area contributed by atoms with Crippen LogP contribution in [0.15, 0.2) is 70.2 Å². The Hall–Kier alpha value is -3.89. The summed E-state index contributed by atoms with van der Waals surface area (Å²) >= 11 is 1.29. The molecule has 6 nitrogen and oxygen atoms in total. The molecule has 0 radical (unpaired) electrons. The van der Waals surface area contributed by atoms with Crippen LogP contribution in [0, 0.1) is 18.3 Å². The van der Waals surface area contributed by atoms with Gasteiger partial charge in [0.05, 0.1) is 5.75 Å². The SMILES string of the molecule is Cc1nc(SCC(=O)Nc2oc(-c3ccccc3)c(-c3ccccc3)c2C#N)nc2c1CCC2. The summed E-state index contributed by atoms with van der Waals surface area (Å²) in [6.45, 7) is 1.99. The van der Waals surface area contributed by atoms with Crippen LogP contribution in [0.4, 0.5) is 5.88 Å². The highest BCUT2D eigenvalue weighted by Gasteiger charge is 2.24. The van der Waals surface area contributed by atoms with Crippen LogP contribution in [-0.4, -0.2) is 21.6 Å². The van der Waals surface area contributed by atoms with Crippen LogP contribution in [-0.2, 0) is 17.6 Å². The number of anilines is 1. The van der Waals surface area contributed by atoms with Gasteiger partial charge in [0.15, 0.2) is 5.16 Å². The number of nitriles is 1. The lowest BCUT2D eigenvalue weighted by atomic mass is 9.98. The van der Waals surface area contributed by atoms with Gasteiger partial charge in [-0.2, -0.15) is 5.26 Å². The summed E-state index contributed by atoms with van der Waals surface area (Å²) in [5.41, 5.74) is 5.96. The smallest absolute Gasteiger partial charge is 0.237 e. The molecule has 1 N–H and O–H groups in total. The number of aryl methyl sites for hydroxylation is 2. The van der Waals surface area contributed by atoms with Gasteiger partial charge in [0, 0.05) is 22.5 Å². The quantitative estimate of drug-likeness (QED) is 0.285. The second kappa shape index (κ2) is 9.54. The van der Waals surface area contributed by atoms with Gasteiger partial charge in [-0.05, 0) is 37.3 Å². The number of carbonyl (C=O) groups is 1. The van der Waals surface area contributed by atoms with E-state index in [0.717, 1.165) is 41.8 Å². The van der Waals surface area contributed by atoms with Gasteiger partial charge in [-0.1, -0.05) is 72.4 Å². The van der Waals surface area contributed by atoms with Crippen molar-refractivity contribution in [1.82, 2.24) is 9.97 Å². The van der Waals surface area contributed by atoms with E-state index in [1.165, 1.54) is 17.3 Å². The zero-order chi connectivity index (χ0) is 23.5. The number of nitrogens with zero attached hydrogens (tertiary/aromatic N) is 3. The molecule has 5 rings (SSSR count). The monoisotopic (exact) mass is 466 g/mol. The molecule has 1 amide bonds. The molecule has 0 saturated heterocycles. The molecule has 168 valence electrons. The Morgan fingerprint density at radius 2 is 1.76 bits per heavy atom. The van der Waals surface area contributed by atoms with Crippen molar-refractivity contribution in [2.75, 3.05) is 11.1 Å². The van der Waals surface area contributed by atoms with E-state index in [2.05, 4.69) is 21.4 Å². The summed E-state index contributed by atoms with van der Waals surface area (Å²) in [5.74, 6) is 0.530. The average molecular weight is 467 g/mol. The molecule has 0 bridgehead atoms. The molecule has 2 heterocycles. The molecule has 0 atom stereocenters. The molecular formula is C27H22N4O2S. The van der Waals surface area contributed by atoms with Crippen molar-refractivity contribution >= 4 is 23.6 Å². The van der Waals surface area contributed by atoms with Crippen LogP contribution in [0.3, 0.4) is 0 Å². The number of fused-ring (bicyclic) bond motifs is 1. The van der Waals surface area contributed by atoms with Crippen molar-refractivity contribution in [2.24, 2.45) is 0 Å². The number of hydrogen-bond acceptors (Lipinski definition) is 6. The number of hydrogen-bond donors (Lipinski definition) is 1. The van der Waals surface area contributed by atoms with E-state index in [0.29, 0.717) is 22.0 Å². The summed E-state index contributed by atoms with van der Waals surface area (Å²) in [4.78, 5) is 22.0. The fourth-order valence-electron chi connectivity index (χ4n) is 4.25. The second-order valence-corrected chi connectivity index (χ2v) is 9.00. The summed E-state index contributed by atoms with van der Waals surface area (Å²) in [6.07, 6.45) is 3.08. The van der Waals surface area contributed by atoms with E-state index in [1.54, 1.807) is 0 Å². The Kier molecular flexibility index (Phi) is 6.15. The van der Waals surface area contributed by atoms with Crippen molar-refractivity contribution in [2.45, 2.75) is 31.3 Å². The van der Waals surface area contributed by atoms with E-state index in [1.807, 2.05) is 67.6 Å². The maximum atomic E-state index is 12.8. The maximum absolute atomic E-state index is 12.8. The molecule has 4 aromatic rings. The first-order chi connectivity index (χ1) is 16.6. The van der Waals surface area contributed by atoms with Crippen LogP contribution in [0.5, 0.6) is 0 Å². The highest BCUT2D eigenvalue weighted by molar-refractivity contribution is 7.99. The Balaban J connectivity index is 1.42. The Labute approximate surface area is 202 Å². The zero-order valence-corrected chi connectivity index (χ0v) is 19.5. The number of benzene rings is 2. The first kappa shape index (κ1) is 21.9. The van der Waals surface area contributed by atoms with Crippen LogP contribution < -0.4 is 5.32 Å². The van der Waals surface area contributed by atoms with Gasteiger partial charge in [-0.3, -0.25) is 10.1 Å². The predicted octanol–water partition coefficient (Wildman–Crippen LogP) is 5.80. The van der Waals surface area contributed by atoms with E-state index in [-0.39, 0.29) is 17.5 Å². The van der Waals surface area contributed by atoms with Gasteiger partial charge in [0.25, 0.3) is 0 Å². The van der Waals surface area contributed by atoms with Gasteiger partial charge in [0.2, 0.25) is 11.8 Å². The molecule has 2 aromatic heterocycles. The second-order valence-electron chi connectivity index (χ2n) is 8.06. The van der Waals surface area contributed by atoms with Gasteiger partial charge in [-0.25, -0.2) is 9.97 Å². The van der Waals surface area contributed by atoms with E-state index >= 15 is 0 Å². The highest BCUT2D eigenvalue weighted by Crippen LogP contribution is 2.41. The molecule has 0 unspecified atom stereocenters. The van der Waals surface area contributed by atoms with Gasteiger partial charge < -0.3 is 4.42 Å². The third-order valence-electron chi connectivity index (χ3n) is 5.82. The average Bonchev–Trinajstić information content (AvgIpc) is 3.49. The van der Waals surface area contributed by atoms with Crippen molar-refractivity contribution in [3.63, 3.8) is 0 Å². The molecule has 0 aliphatic heterocycles. The molecule has 7 heteroatoms. The van der Waals surface area contributed by atoms with Crippen molar-refractivity contribution in [3.05, 3.63) is 83.2 Å². The molecule has 34 heavy (non-hydrogen) atoms. The van der Waals surface area contributed by atoms with Gasteiger partial charge in [-0.15, -0.1) is 0 Å². The molecular weight excluding hydrogens is 444 g/mol. The summed E-state index contributed by atoms with van der Waals surface area (Å²) in [6, 6.07) is 21.4. The summed E-state index contributed by atoms with van der Waals surface area (Å²) < 4.78 is 6.08. The Bertz CT molecular complexity index is 1390. The number of aromatic nitrogens is 2.